The molecular formula is C16H22N2O2S. The van der Waals surface area contributed by atoms with Crippen LogP contribution >= 0.6 is 11.8 Å². The molecule has 1 aromatic heterocycles. The second-order valence-corrected chi connectivity index (χ2v) is 7.08. The van der Waals surface area contributed by atoms with E-state index in [-0.39, 0.29) is 23.3 Å². The summed E-state index contributed by atoms with van der Waals surface area (Å²) in [5.74, 6) is 0.228. The maximum Gasteiger partial charge on any atom is 0.236 e. The third-order valence-corrected chi connectivity index (χ3v) is 5.34. The summed E-state index contributed by atoms with van der Waals surface area (Å²) >= 11 is 1.54. The van der Waals surface area contributed by atoms with E-state index in [2.05, 4.69) is 9.88 Å². The van der Waals surface area contributed by atoms with E-state index >= 15 is 0 Å². The molecule has 0 aromatic carbocycles. The Morgan fingerprint density at radius 2 is 2.29 bits per heavy atom. The lowest BCUT2D eigenvalue weighted by Crippen LogP contribution is -2.56. The molecule has 2 heterocycles. The Morgan fingerprint density at radius 1 is 1.43 bits per heavy atom. The second-order valence-electron chi connectivity index (χ2n) is 5.72. The molecule has 2 fully saturated rings. The van der Waals surface area contributed by atoms with E-state index in [1.807, 2.05) is 25.1 Å². The van der Waals surface area contributed by atoms with Crippen LogP contribution in [0.2, 0.25) is 0 Å². The molecule has 0 unspecified atom stereocenters. The van der Waals surface area contributed by atoms with Crippen molar-refractivity contribution in [2.75, 3.05) is 13.2 Å². The minimum Gasteiger partial charge on any atom is -0.374 e. The van der Waals surface area contributed by atoms with Crippen LogP contribution in [0.3, 0.4) is 0 Å². The van der Waals surface area contributed by atoms with Gasteiger partial charge in [-0.1, -0.05) is 30.7 Å². The zero-order chi connectivity index (χ0) is 14.7. The molecule has 1 saturated carbocycles. The summed E-state index contributed by atoms with van der Waals surface area (Å²) in [5.41, 5.74) is 0. The summed E-state index contributed by atoms with van der Waals surface area (Å²) in [4.78, 5) is 19.1. The van der Waals surface area contributed by atoms with Crippen LogP contribution < -0.4 is 0 Å². The monoisotopic (exact) mass is 306 g/mol. The highest BCUT2D eigenvalue weighted by Gasteiger charge is 2.38. The largest absolute Gasteiger partial charge is 0.374 e. The van der Waals surface area contributed by atoms with Gasteiger partial charge in [0.05, 0.1) is 29.0 Å². The lowest BCUT2D eigenvalue weighted by molar-refractivity contribution is -0.148. The van der Waals surface area contributed by atoms with Crippen molar-refractivity contribution in [3.05, 3.63) is 24.4 Å². The Hall–Kier alpha value is -1.07. The lowest BCUT2D eigenvalue weighted by Gasteiger charge is -2.44. The van der Waals surface area contributed by atoms with Crippen molar-refractivity contribution in [3.8, 4) is 0 Å². The molecule has 114 valence electrons. The smallest absolute Gasteiger partial charge is 0.236 e. The number of carbonyl (C=O) groups is 1. The summed E-state index contributed by atoms with van der Waals surface area (Å²) in [6.07, 6.45) is 6.62. The topological polar surface area (TPSA) is 42.4 Å². The minimum atomic E-state index is -0.0967. The molecule has 0 bridgehead atoms. The predicted octanol–water partition coefficient (Wildman–Crippen LogP) is 2.73. The van der Waals surface area contributed by atoms with Crippen molar-refractivity contribution in [2.45, 2.75) is 55.0 Å². The first kappa shape index (κ1) is 14.9. The van der Waals surface area contributed by atoms with Crippen LogP contribution in [0.4, 0.5) is 0 Å². The Bertz CT molecular complexity index is 480. The fourth-order valence-corrected chi connectivity index (χ4v) is 4.13. The van der Waals surface area contributed by atoms with Gasteiger partial charge in [-0.2, -0.15) is 0 Å². The average molecular weight is 306 g/mol. The number of fused-ring (bicyclic) bond motifs is 1. The summed E-state index contributed by atoms with van der Waals surface area (Å²) < 4.78 is 5.85. The molecule has 0 spiro atoms. The maximum atomic E-state index is 12.8. The van der Waals surface area contributed by atoms with Crippen molar-refractivity contribution >= 4 is 17.7 Å². The first-order valence-electron chi connectivity index (χ1n) is 7.75. The first-order chi connectivity index (χ1) is 10.3. The Labute approximate surface area is 130 Å². The molecule has 1 amide bonds. The van der Waals surface area contributed by atoms with Crippen LogP contribution in [0, 0.1) is 0 Å². The number of hydrogen-bond donors (Lipinski definition) is 0. The molecule has 1 saturated heterocycles. The number of carbonyl (C=O) groups excluding carboxylic acids is 1. The molecule has 1 aromatic rings. The highest BCUT2D eigenvalue weighted by atomic mass is 32.2. The van der Waals surface area contributed by atoms with Crippen molar-refractivity contribution in [2.24, 2.45) is 0 Å². The van der Waals surface area contributed by atoms with Gasteiger partial charge in [0.25, 0.3) is 0 Å². The number of rotatable bonds is 3. The normalized spacial score (nSPS) is 27.0. The number of nitrogens with zero attached hydrogens (tertiary/aromatic N) is 2. The van der Waals surface area contributed by atoms with Gasteiger partial charge in [0.2, 0.25) is 5.91 Å². The van der Waals surface area contributed by atoms with E-state index in [0.717, 1.165) is 24.4 Å². The maximum absolute atomic E-state index is 12.8. The number of amides is 1. The first-order valence-corrected chi connectivity index (χ1v) is 8.63. The molecule has 21 heavy (non-hydrogen) atoms. The van der Waals surface area contributed by atoms with Crippen molar-refractivity contribution < 1.29 is 9.53 Å². The number of aromatic nitrogens is 1. The van der Waals surface area contributed by atoms with Gasteiger partial charge in [0.1, 0.15) is 0 Å². The quantitative estimate of drug-likeness (QED) is 0.805. The summed E-state index contributed by atoms with van der Waals surface area (Å²) in [6, 6.07) is 6.09. The highest BCUT2D eigenvalue weighted by molar-refractivity contribution is 8.00. The van der Waals surface area contributed by atoms with Crippen LogP contribution in [-0.2, 0) is 9.53 Å². The molecule has 2 aliphatic rings. The zero-order valence-electron chi connectivity index (χ0n) is 12.4. The van der Waals surface area contributed by atoms with Gasteiger partial charge in [0.15, 0.2) is 0 Å². The minimum absolute atomic E-state index is 0.0967. The van der Waals surface area contributed by atoms with Gasteiger partial charge in [-0.25, -0.2) is 4.98 Å². The molecular weight excluding hydrogens is 284 g/mol. The fourth-order valence-electron chi connectivity index (χ4n) is 3.25. The van der Waals surface area contributed by atoms with E-state index in [4.69, 9.17) is 4.74 Å². The standard InChI is InChI=1S/C16H22N2O2S/c1-12(21-15-8-4-5-9-17-15)16(19)18-10-11-20-14-7-3-2-6-13(14)18/h4-5,8-9,12-14H,2-3,6-7,10-11H2,1H3/t12-,13-,14+/m0/s1. The highest BCUT2D eigenvalue weighted by Crippen LogP contribution is 2.31. The van der Waals surface area contributed by atoms with Crippen molar-refractivity contribution in [1.82, 2.24) is 9.88 Å². The number of pyridine rings is 1. The molecule has 3 rings (SSSR count). The molecule has 1 aliphatic carbocycles. The van der Waals surface area contributed by atoms with Crippen LogP contribution in [0.25, 0.3) is 0 Å². The van der Waals surface area contributed by atoms with E-state index in [0.29, 0.717) is 6.61 Å². The van der Waals surface area contributed by atoms with Crippen molar-refractivity contribution in [1.29, 1.82) is 0 Å². The summed E-state index contributed by atoms with van der Waals surface area (Å²) in [5, 5.41) is 0.812. The second kappa shape index (κ2) is 6.79. The number of ether oxygens (including phenoxy) is 1. The van der Waals surface area contributed by atoms with Crippen LogP contribution in [-0.4, -0.2) is 46.3 Å². The lowest BCUT2D eigenvalue weighted by atomic mass is 9.90. The Kier molecular flexibility index (Phi) is 4.80. The molecule has 5 heteroatoms. The van der Waals surface area contributed by atoms with E-state index < -0.39 is 0 Å². The van der Waals surface area contributed by atoms with Gasteiger partial charge >= 0.3 is 0 Å². The molecule has 0 N–H and O–H groups in total. The average Bonchev–Trinajstić information content (AvgIpc) is 2.54. The van der Waals surface area contributed by atoms with E-state index in [9.17, 15) is 4.79 Å². The van der Waals surface area contributed by atoms with Gasteiger partial charge in [-0.3, -0.25) is 4.79 Å². The van der Waals surface area contributed by atoms with Gasteiger partial charge in [0, 0.05) is 12.7 Å². The van der Waals surface area contributed by atoms with Crippen LogP contribution in [0.15, 0.2) is 29.4 Å². The molecule has 3 atom stereocenters. The third kappa shape index (κ3) is 3.40. The number of morpholine rings is 1. The summed E-state index contributed by atoms with van der Waals surface area (Å²) in [6.45, 7) is 3.38. The van der Waals surface area contributed by atoms with E-state index in [1.54, 1.807) is 18.0 Å². The molecule has 1 aliphatic heterocycles. The zero-order valence-corrected chi connectivity index (χ0v) is 13.2. The number of hydrogen-bond acceptors (Lipinski definition) is 4. The SMILES string of the molecule is C[C@H](Sc1ccccn1)C(=O)N1CCO[C@@H]2CCCC[C@@H]21. The van der Waals surface area contributed by atoms with Crippen LogP contribution in [0.1, 0.15) is 32.6 Å². The number of thioether (sulfide) groups is 1. The van der Waals surface area contributed by atoms with Gasteiger partial charge < -0.3 is 9.64 Å². The molecule has 0 radical (unpaired) electrons. The molecule has 4 nitrogen and oxygen atoms in total. The predicted molar refractivity (Wildman–Crippen MR) is 83.3 cm³/mol. The van der Waals surface area contributed by atoms with Crippen LogP contribution in [0.5, 0.6) is 0 Å². The van der Waals surface area contributed by atoms with E-state index in [1.165, 1.54) is 12.8 Å². The Balaban J connectivity index is 1.65. The van der Waals surface area contributed by atoms with Crippen molar-refractivity contribution in [3.63, 3.8) is 0 Å². The Morgan fingerprint density at radius 3 is 3.10 bits per heavy atom. The fraction of sp³-hybridized carbons (Fsp3) is 0.625. The third-order valence-electron chi connectivity index (χ3n) is 4.30. The van der Waals surface area contributed by atoms with Gasteiger partial charge in [-0.05, 0) is 31.9 Å². The van der Waals surface area contributed by atoms with Gasteiger partial charge in [-0.15, -0.1) is 0 Å². The summed E-state index contributed by atoms with van der Waals surface area (Å²) in [7, 11) is 0.